The highest BCUT2D eigenvalue weighted by Gasteiger charge is 2.52. The average molecular weight is 1040 g/mol. The Morgan fingerprint density at radius 1 is 0.819 bits per heavy atom. The highest BCUT2D eigenvalue weighted by atomic mass is 32.2. The quantitative estimate of drug-likeness (QED) is 0.0712. The number of rotatable bonds is 17. The van der Waals surface area contributed by atoms with Crippen LogP contribution in [0.2, 0.25) is 0 Å². The van der Waals surface area contributed by atoms with Crippen molar-refractivity contribution in [1.82, 2.24) is 42.1 Å². The number of carbonyl (C=O) groups is 11. The number of nitrogens with zero attached hydrogens (tertiary/aromatic N) is 1. The number of alkyl halides is 2. The number of hydrogen-bond donors (Lipinski definition) is 11. The van der Waals surface area contributed by atoms with Crippen LogP contribution in [0, 0.1) is 11.8 Å². The van der Waals surface area contributed by atoms with Gasteiger partial charge in [-0.2, -0.15) is 0 Å². The van der Waals surface area contributed by atoms with Crippen LogP contribution >= 0.6 is 0 Å². The van der Waals surface area contributed by atoms with E-state index in [0.29, 0.717) is 10.5 Å². The van der Waals surface area contributed by atoms with E-state index >= 15 is 8.78 Å². The summed E-state index contributed by atoms with van der Waals surface area (Å²) in [5, 5.41) is 26.2. The summed E-state index contributed by atoms with van der Waals surface area (Å²) in [6.07, 6.45) is -5.17. The van der Waals surface area contributed by atoms with Crippen molar-refractivity contribution in [1.29, 1.82) is 0 Å². The van der Waals surface area contributed by atoms with E-state index in [0.717, 1.165) is 0 Å². The molecule has 2 aliphatic rings. The van der Waals surface area contributed by atoms with Crippen molar-refractivity contribution in [2.24, 2.45) is 29.0 Å². The highest BCUT2D eigenvalue weighted by Crippen LogP contribution is 2.33. The summed E-state index contributed by atoms with van der Waals surface area (Å²) in [7, 11) is -4.45. The third kappa shape index (κ3) is 19.0. The number of phenols is 1. The van der Waals surface area contributed by atoms with Gasteiger partial charge in [0.2, 0.25) is 65.0 Å². The van der Waals surface area contributed by atoms with Crippen molar-refractivity contribution in [3.63, 3.8) is 0 Å². The molecular formula is C44H65F2N11O14S. The summed E-state index contributed by atoms with van der Waals surface area (Å²) in [4.78, 5) is 147. The minimum Gasteiger partial charge on any atom is -0.508 e. The summed E-state index contributed by atoms with van der Waals surface area (Å²) in [6.45, 7) is 4.47. The molecule has 25 nitrogen and oxygen atoms in total. The Balaban J connectivity index is 2.14. The van der Waals surface area contributed by atoms with Crippen LogP contribution in [0.1, 0.15) is 84.6 Å². The molecule has 0 aromatic heterocycles. The van der Waals surface area contributed by atoms with Gasteiger partial charge >= 0.3 is 0 Å². The van der Waals surface area contributed by atoms with E-state index in [-0.39, 0.29) is 30.9 Å². The van der Waals surface area contributed by atoms with E-state index in [1.165, 1.54) is 24.3 Å². The number of likely N-dealkylation sites (tertiary alicyclic amines) is 1. The van der Waals surface area contributed by atoms with Gasteiger partial charge in [0.05, 0.1) is 31.0 Å². The lowest BCUT2D eigenvalue weighted by Gasteiger charge is -2.31. The molecule has 0 bridgehead atoms. The molecule has 1 aromatic rings. The fraction of sp³-hybridized carbons (Fsp3) is 0.614. The Morgan fingerprint density at radius 3 is 2.01 bits per heavy atom. The van der Waals surface area contributed by atoms with Crippen LogP contribution in [-0.4, -0.2) is 156 Å². The van der Waals surface area contributed by atoms with E-state index in [9.17, 15) is 66.3 Å². The number of benzene rings is 1. The standard InChI is InChI=1S/C44H65F2N11O14S/c1-5-23(4)36-42(68)52-26(10-11-32(47)59)38(64)54-30(18-33(48)60)39(65)53-27(12-14-72(70,71)15-13-35(62)51-29(40(66)56-36)17-24-6-8-25(58)9-7-24)43(69)57-21-44(45,46)19-31(57)41(67)55-28(16-22(2)3)37(63)50-20-34(49)61/h6-9,22-23,26-31,36,58H,5,10-21H2,1-4H3,(H2,47,59)(H2,48,60)(H2,49,61)(H,50,63)(H,51,62)(H,52,68)(H,53,65)(H,54,64)(H,55,67)(H,56,66)/t23-,26-,27-,28-,29+,30-,31-,36-/m0/s1. The van der Waals surface area contributed by atoms with Crippen molar-refractivity contribution < 1.29 is 75.0 Å². The molecule has 0 aliphatic carbocycles. The second kappa shape index (κ2) is 26.4. The van der Waals surface area contributed by atoms with Crippen LogP contribution in [-0.2, 0) is 69.0 Å². The summed E-state index contributed by atoms with van der Waals surface area (Å²) in [5.41, 5.74) is 16.3. The number of halogens is 2. The Hall–Kier alpha value is -7.00. The minimum atomic E-state index is -4.45. The fourth-order valence-corrected chi connectivity index (χ4v) is 9.02. The highest BCUT2D eigenvalue weighted by molar-refractivity contribution is 7.91. The molecule has 2 aliphatic heterocycles. The van der Waals surface area contributed by atoms with E-state index in [1.807, 2.05) is 0 Å². The van der Waals surface area contributed by atoms with E-state index in [1.54, 1.807) is 27.7 Å². The van der Waals surface area contributed by atoms with Gasteiger partial charge in [-0.05, 0) is 48.8 Å². The van der Waals surface area contributed by atoms with Crippen molar-refractivity contribution in [3.8, 4) is 5.75 Å². The van der Waals surface area contributed by atoms with Crippen LogP contribution in [0.3, 0.4) is 0 Å². The number of nitrogens with two attached hydrogens (primary N) is 3. The molecule has 2 saturated heterocycles. The zero-order chi connectivity index (χ0) is 54.2. The number of carbonyl (C=O) groups excluding carboxylic acids is 11. The Morgan fingerprint density at radius 2 is 1.43 bits per heavy atom. The zero-order valence-electron chi connectivity index (χ0n) is 40.3. The molecule has 11 amide bonds. The topological polar surface area (TPSA) is 408 Å². The number of primary amides is 3. The van der Waals surface area contributed by atoms with Gasteiger partial charge in [0.15, 0.2) is 9.84 Å². The maximum Gasteiger partial charge on any atom is 0.267 e. The molecule has 0 saturated carbocycles. The van der Waals surface area contributed by atoms with Gasteiger partial charge in [-0.25, -0.2) is 17.2 Å². The summed E-state index contributed by atoms with van der Waals surface area (Å²) in [5.74, 6) is -19.1. The smallest absolute Gasteiger partial charge is 0.267 e. The molecule has 0 spiro atoms. The number of hydrogen-bond acceptors (Lipinski definition) is 14. The largest absolute Gasteiger partial charge is 0.508 e. The number of amides is 11. The van der Waals surface area contributed by atoms with E-state index in [4.69, 9.17) is 17.2 Å². The molecule has 0 unspecified atom stereocenters. The number of aromatic hydroxyl groups is 1. The molecule has 0 radical (unpaired) electrons. The van der Waals surface area contributed by atoms with Crippen molar-refractivity contribution in [3.05, 3.63) is 29.8 Å². The molecule has 8 atom stereocenters. The maximum absolute atomic E-state index is 15.3. The van der Waals surface area contributed by atoms with Crippen LogP contribution in [0.15, 0.2) is 24.3 Å². The van der Waals surface area contributed by atoms with Crippen LogP contribution in [0.25, 0.3) is 0 Å². The van der Waals surface area contributed by atoms with Gasteiger partial charge in [-0.1, -0.05) is 46.2 Å². The third-order valence-corrected chi connectivity index (χ3v) is 13.5. The second-order valence-electron chi connectivity index (χ2n) is 18.3. The first-order valence-electron chi connectivity index (χ1n) is 23.1. The normalized spacial score (nSPS) is 24.2. The second-order valence-corrected chi connectivity index (χ2v) is 20.6. The molecule has 72 heavy (non-hydrogen) atoms. The molecule has 1 aromatic carbocycles. The lowest BCUT2D eigenvalue weighted by molar-refractivity contribution is -0.143. The van der Waals surface area contributed by atoms with Gasteiger partial charge in [0.25, 0.3) is 5.92 Å². The first-order chi connectivity index (χ1) is 33.5. The zero-order valence-corrected chi connectivity index (χ0v) is 41.1. The van der Waals surface area contributed by atoms with Crippen LogP contribution < -0.4 is 54.4 Å². The number of phenolic OH excluding ortho intramolecular Hbond substituents is 1. The molecule has 400 valence electrons. The molecule has 28 heteroatoms. The van der Waals surface area contributed by atoms with Crippen molar-refractivity contribution >= 4 is 74.8 Å². The number of nitrogens with one attached hydrogen (secondary N) is 7. The van der Waals surface area contributed by atoms with Crippen LogP contribution in [0.4, 0.5) is 8.78 Å². The first kappa shape index (κ1) is 59.3. The molecule has 14 N–H and O–H groups in total. The summed E-state index contributed by atoms with van der Waals surface area (Å²) >= 11 is 0. The Kier molecular flexibility index (Phi) is 21.8. The molecule has 2 fully saturated rings. The van der Waals surface area contributed by atoms with Crippen molar-refractivity contribution in [2.75, 3.05) is 24.6 Å². The number of sulfone groups is 1. The molecular weight excluding hydrogens is 977 g/mol. The van der Waals surface area contributed by atoms with Gasteiger partial charge in [-0.3, -0.25) is 52.7 Å². The van der Waals surface area contributed by atoms with E-state index < -0.39 is 192 Å². The predicted molar refractivity (Wildman–Crippen MR) is 250 cm³/mol. The average Bonchev–Trinajstić information content (AvgIpc) is 3.63. The molecule has 2 heterocycles. The lowest BCUT2D eigenvalue weighted by atomic mass is 9.96. The van der Waals surface area contributed by atoms with E-state index in [2.05, 4.69) is 37.2 Å². The lowest BCUT2D eigenvalue weighted by Crippen LogP contribution is -2.61. The predicted octanol–water partition coefficient (Wildman–Crippen LogP) is -3.88. The van der Waals surface area contributed by atoms with Gasteiger partial charge in [-0.15, -0.1) is 0 Å². The summed E-state index contributed by atoms with van der Waals surface area (Å²) < 4.78 is 57.8. The monoisotopic (exact) mass is 1040 g/mol. The van der Waals surface area contributed by atoms with Gasteiger partial charge < -0.3 is 64.4 Å². The first-order valence-corrected chi connectivity index (χ1v) is 24.9. The Bertz CT molecular complexity index is 2320. The van der Waals surface area contributed by atoms with Crippen LogP contribution in [0.5, 0.6) is 5.75 Å². The summed E-state index contributed by atoms with van der Waals surface area (Å²) in [6, 6.07) is -6.82. The SMILES string of the molecule is CC[C@H](C)[C@@H]1NC(=O)[C@@H](Cc2ccc(O)cc2)NC(=O)CCS(=O)(=O)CC[C@@H](C(=O)N2CC(F)(F)C[C@H]2C(=O)N[C@@H](CC(C)C)C(=O)NCC(N)=O)NC(=O)[C@H](CC(N)=O)NC(=O)[C@H](CCC(N)=O)NC1=O. The Labute approximate surface area is 413 Å². The minimum absolute atomic E-state index is 0.0767. The maximum atomic E-state index is 15.3. The fourth-order valence-electron chi connectivity index (χ4n) is 7.73. The van der Waals surface area contributed by atoms with Crippen molar-refractivity contribution in [2.45, 2.75) is 134 Å². The van der Waals surface area contributed by atoms with Gasteiger partial charge in [0, 0.05) is 25.7 Å². The third-order valence-electron chi connectivity index (χ3n) is 11.8. The molecule has 3 rings (SSSR count). The van der Waals surface area contributed by atoms with Gasteiger partial charge in [0.1, 0.15) is 48.0 Å².